The third-order valence-corrected chi connectivity index (χ3v) is 5.07. The largest absolute Gasteiger partial charge is 0.479 e. The summed E-state index contributed by atoms with van der Waals surface area (Å²) in [5.41, 5.74) is 1.17. The predicted octanol–water partition coefficient (Wildman–Crippen LogP) is 3.27. The van der Waals surface area contributed by atoms with E-state index in [0.29, 0.717) is 60.7 Å². The standard InChI is InChI=1S/C21H20F2N2O4/c22-7-1-9-28-20-5-2-14(12-24-20)29-19-6-8-25(21(19)27)13-10-16-15(17(23)11-13)3-4-18(16)26/h2,5,10-12,19H,1,3-4,6-9H2/t19-/m1/s1. The fraction of sp³-hybridized carbons (Fsp3) is 0.381. The highest BCUT2D eigenvalue weighted by Gasteiger charge is 2.36. The summed E-state index contributed by atoms with van der Waals surface area (Å²) < 4.78 is 37.4. The first-order chi connectivity index (χ1) is 14.1. The van der Waals surface area contributed by atoms with E-state index in [-0.39, 0.29) is 18.3 Å². The molecule has 4 rings (SSSR count). The lowest BCUT2D eigenvalue weighted by atomic mass is 10.1. The van der Waals surface area contributed by atoms with Crippen LogP contribution in [0.15, 0.2) is 30.5 Å². The van der Waals surface area contributed by atoms with E-state index in [9.17, 15) is 18.4 Å². The van der Waals surface area contributed by atoms with Gasteiger partial charge in [-0.3, -0.25) is 14.0 Å². The van der Waals surface area contributed by atoms with Crippen molar-refractivity contribution in [3.63, 3.8) is 0 Å². The molecule has 1 aliphatic heterocycles. The highest BCUT2D eigenvalue weighted by atomic mass is 19.1. The van der Waals surface area contributed by atoms with Crippen LogP contribution in [-0.2, 0) is 11.2 Å². The molecular weight excluding hydrogens is 382 g/mol. The maximum atomic E-state index is 14.3. The van der Waals surface area contributed by atoms with Crippen LogP contribution in [0, 0.1) is 5.82 Å². The zero-order valence-electron chi connectivity index (χ0n) is 15.7. The molecule has 6 nitrogen and oxygen atoms in total. The fourth-order valence-electron chi connectivity index (χ4n) is 3.59. The van der Waals surface area contributed by atoms with Crippen molar-refractivity contribution in [1.82, 2.24) is 4.98 Å². The number of rotatable bonds is 7. The minimum absolute atomic E-state index is 0.0971. The Balaban J connectivity index is 1.42. The van der Waals surface area contributed by atoms with Gasteiger partial charge in [-0.15, -0.1) is 0 Å². The van der Waals surface area contributed by atoms with Gasteiger partial charge in [-0.1, -0.05) is 0 Å². The Morgan fingerprint density at radius 1 is 1.21 bits per heavy atom. The van der Waals surface area contributed by atoms with Crippen molar-refractivity contribution >= 4 is 17.4 Å². The zero-order chi connectivity index (χ0) is 20.4. The molecule has 0 N–H and O–H groups in total. The van der Waals surface area contributed by atoms with Gasteiger partial charge >= 0.3 is 0 Å². The number of hydrogen-bond acceptors (Lipinski definition) is 5. The molecular formula is C21H20F2N2O4. The molecule has 1 saturated heterocycles. The van der Waals surface area contributed by atoms with Gasteiger partial charge in [-0.2, -0.15) is 0 Å². The van der Waals surface area contributed by atoms with E-state index >= 15 is 0 Å². The third-order valence-electron chi connectivity index (χ3n) is 5.07. The second kappa shape index (κ2) is 8.14. The predicted molar refractivity (Wildman–Crippen MR) is 101 cm³/mol. The Hall–Kier alpha value is -3.03. The number of nitrogens with zero attached hydrogens (tertiary/aromatic N) is 2. The monoisotopic (exact) mass is 402 g/mol. The maximum Gasteiger partial charge on any atom is 0.268 e. The van der Waals surface area contributed by atoms with Crippen LogP contribution >= 0.6 is 0 Å². The number of ketones is 1. The molecule has 1 aromatic carbocycles. The number of Topliss-reactive ketones (excluding diaryl/α,β-unsaturated/α-hetero) is 1. The molecule has 2 aromatic rings. The molecule has 1 amide bonds. The highest BCUT2D eigenvalue weighted by molar-refractivity contribution is 6.04. The molecule has 1 aliphatic carbocycles. The van der Waals surface area contributed by atoms with Crippen LogP contribution < -0.4 is 14.4 Å². The van der Waals surface area contributed by atoms with Crippen LogP contribution in [0.3, 0.4) is 0 Å². The van der Waals surface area contributed by atoms with Crippen molar-refractivity contribution in [1.29, 1.82) is 0 Å². The minimum Gasteiger partial charge on any atom is -0.479 e. The van der Waals surface area contributed by atoms with Crippen LogP contribution in [0.1, 0.15) is 35.2 Å². The number of aromatic nitrogens is 1. The van der Waals surface area contributed by atoms with Gasteiger partial charge in [0.05, 0.1) is 19.5 Å². The molecule has 29 heavy (non-hydrogen) atoms. The molecule has 2 aliphatic rings. The second-order valence-electron chi connectivity index (χ2n) is 6.99. The van der Waals surface area contributed by atoms with Gasteiger partial charge in [-0.25, -0.2) is 9.37 Å². The number of fused-ring (bicyclic) bond motifs is 1. The van der Waals surface area contributed by atoms with Crippen molar-refractivity contribution in [2.45, 2.75) is 31.8 Å². The van der Waals surface area contributed by atoms with Gasteiger partial charge in [0.1, 0.15) is 11.6 Å². The lowest BCUT2D eigenvalue weighted by Gasteiger charge is -2.18. The molecule has 0 bridgehead atoms. The summed E-state index contributed by atoms with van der Waals surface area (Å²) in [6, 6.07) is 6.12. The lowest BCUT2D eigenvalue weighted by Crippen LogP contribution is -2.32. The number of anilines is 1. The van der Waals surface area contributed by atoms with Crippen molar-refractivity contribution in [2.24, 2.45) is 0 Å². The molecule has 2 heterocycles. The van der Waals surface area contributed by atoms with Crippen molar-refractivity contribution in [3.8, 4) is 11.6 Å². The fourth-order valence-corrected chi connectivity index (χ4v) is 3.59. The molecule has 1 fully saturated rings. The van der Waals surface area contributed by atoms with Crippen molar-refractivity contribution in [2.75, 3.05) is 24.7 Å². The SMILES string of the molecule is O=C1CCc2c(F)cc(N3CC[C@@H](Oc4ccc(OCCCF)nc4)C3=O)cc21. The van der Waals surface area contributed by atoms with E-state index in [1.54, 1.807) is 18.2 Å². The second-order valence-corrected chi connectivity index (χ2v) is 6.99. The Morgan fingerprint density at radius 3 is 2.83 bits per heavy atom. The van der Waals surface area contributed by atoms with Gasteiger partial charge in [0.2, 0.25) is 5.88 Å². The summed E-state index contributed by atoms with van der Waals surface area (Å²) in [4.78, 5) is 30.2. The van der Waals surface area contributed by atoms with Gasteiger partial charge in [0.15, 0.2) is 11.9 Å². The summed E-state index contributed by atoms with van der Waals surface area (Å²) in [5.74, 6) is -0.0898. The summed E-state index contributed by atoms with van der Waals surface area (Å²) in [5, 5.41) is 0. The number of benzene rings is 1. The van der Waals surface area contributed by atoms with E-state index in [1.807, 2.05) is 0 Å². The average Bonchev–Trinajstić information content (AvgIpc) is 3.27. The van der Waals surface area contributed by atoms with Crippen LogP contribution in [0.2, 0.25) is 0 Å². The molecule has 1 aromatic heterocycles. The number of hydrogen-bond donors (Lipinski definition) is 0. The quantitative estimate of drug-likeness (QED) is 0.665. The summed E-state index contributed by atoms with van der Waals surface area (Å²) in [7, 11) is 0. The van der Waals surface area contributed by atoms with Gasteiger partial charge in [-0.05, 0) is 30.2 Å². The summed E-state index contributed by atoms with van der Waals surface area (Å²) in [6.45, 7) is 0.150. The first kappa shape index (κ1) is 19.3. The zero-order valence-corrected chi connectivity index (χ0v) is 15.7. The van der Waals surface area contributed by atoms with E-state index in [1.165, 1.54) is 17.2 Å². The molecule has 0 unspecified atom stereocenters. The number of amides is 1. The number of pyridine rings is 1. The highest BCUT2D eigenvalue weighted by Crippen LogP contribution is 2.32. The van der Waals surface area contributed by atoms with Crippen LogP contribution in [0.4, 0.5) is 14.5 Å². The Bertz CT molecular complexity index is 933. The topological polar surface area (TPSA) is 68.7 Å². The molecule has 0 spiro atoms. The molecule has 0 radical (unpaired) electrons. The maximum absolute atomic E-state index is 14.3. The van der Waals surface area contributed by atoms with Crippen LogP contribution in [0.25, 0.3) is 0 Å². The van der Waals surface area contributed by atoms with Crippen molar-refractivity contribution in [3.05, 3.63) is 47.4 Å². The van der Waals surface area contributed by atoms with Crippen LogP contribution in [0.5, 0.6) is 11.6 Å². The van der Waals surface area contributed by atoms with E-state index in [4.69, 9.17) is 9.47 Å². The smallest absolute Gasteiger partial charge is 0.268 e. The van der Waals surface area contributed by atoms with Gasteiger partial charge in [0.25, 0.3) is 5.91 Å². The lowest BCUT2D eigenvalue weighted by molar-refractivity contribution is -0.122. The van der Waals surface area contributed by atoms with Gasteiger partial charge in [0, 0.05) is 43.1 Å². The van der Waals surface area contributed by atoms with E-state index in [0.717, 1.165) is 0 Å². The third kappa shape index (κ3) is 3.92. The molecule has 1 atom stereocenters. The number of carbonyl (C=O) groups excluding carboxylic acids is 2. The normalized spacial score (nSPS) is 18.3. The number of carbonyl (C=O) groups is 2. The summed E-state index contributed by atoms with van der Waals surface area (Å²) >= 11 is 0. The average molecular weight is 402 g/mol. The molecule has 152 valence electrons. The van der Waals surface area contributed by atoms with E-state index in [2.05, 4.69) is 4.98 Å². The Labute approximate surface area is 166 Å². The first-order valence-electron chi connectivity index (χ1n) is 9.55. The van der Waals surface area contributed by atoms with Crippen molar-refractivity contribution < 1.29 is 27.8 Å². The minimum atomic E-state index is -0.720. The molecule has 0 saturated carbocycles. The van der Waals surface area contributed by atoms with E-state index < -0.39 is 18.6 Å². The molecule has 8 heteroatoms. The number of ether oxygens (including phenoxy) is 2. The van der Waals surface area contributed by atoms with Gasteiger partial charge < -0.3 is 14.4 Å². The van der Waals surface area contributed by atoms with Crippen LogP contribution in [-0.4, -0.2) is 42.6 Å². The Kier molecular flexibility index (Phi) is 5.42. The number of halogens is 2. The first-order valence-corrected chi connectivity index (χ1v) is 9.55. The Morgan fingerprint density at radius 2 is 2.07 bits per heavy atom. The summed E-state index contributed by atoms with van der Waals surface area (Å²) in [6.07, 6.45) is 2.15. The number of alkyl halides is 1.